The summed E-state index contributed by atoms with van der Waals surface area (Å²) in [4.78, 5) is 0. The summed E-state index contributed by atoms with van der Waals surface area (Å²) in [6.45, 7) is 7.46. The van der Waals surface area contributed by atoms with Crippen molar-refractivity contribution in [3.63, 3.8) is 0 Å². The Balaban J connectivity index is 1.57. The predicted octanol–water partition coefficient (Wildman–Crippen LogP) is 7.78. The minimum absolute atomic E-state index is 0.831. The molecule has 0 aromatic rings. The second-order valence-corrected chi connectivity index (χ2v) is 9.81. The Kier molecular flexibility index (Phi) is 6.88. The summed E-state index contributed by atoms with van der Waals surface area (Å²) in [5, 5.41) is 0. The first-order valence-electron chi connectivity index (χ1n) is 11.3. The molecule has 138 valence electrons. The van der Waals surface area contributed by atoms with E-state index in [2.05, 4.69) is 26.8 Å². The zero-order valence-corrected chi connectivity index (χ0v) is 16.7. The Morgan fingerprint density at radius 1 is 0.833 bits per heavy atom. The van der Waals surface area contributed by atoms with Gasteiger partial charge in [-0.3, -0.25) is 0 Å². The summed E-state index contributed by atoms with van der Waals surface area (Å²) < 4.78 is 0. The van der Waals surface area contributed by atoms with Crippen LogP contribution in [0, 0.1) is 35.5 Å². The average molecular weight is 331 g/mol. The molecule has 2 fully saturated rings. The van der Waals surface area contributed by atoms with Crippen molar-refractivity contribution in [1.82, 2.24) is 0 Å². The van der Waals surface area contributed by atoms with Crippen molar-refractivity contribution in [3.8, 4) is 0 Å². The van der Waals surface area contributed by atoms with E-state index >= 15 is 0 Å². The highest BCUT2D eigenvalue weighted by molar-refractivity contribution is 5.11. The summed E-state index contributed by atoms with van der Waals surface area (Å²) in [5.41, 5.74) is 1.81. The number of rotatable bonds is 5. The van der Waals surface area contributed by atoms with Crippen molar-refractivity contribution in [2.24, 2.45) is 35.5 Å². The van der Waals surface area contributed by atoms with Crippen molar-refractivity contribution in [2.75, 3.05) is 0 Å². The van der Waals surface area contributed by atoms with Crippen LogP contribution in [0.3, 0.4) is 0 Å². The van der Waals surface area contributed by atoms with E-state index in [4.69, 9.17) is 0 Å². The van der Waals surface area contributed by atoms with Crippen LogP contribution in [0.2, 0.25) is 0 Å². The van der Waals surface area contributed by atoms with Gasteiger partial charge in [0.15, 0.2) is 0 Å². The maximum Gasteiger partial charge on any atom is -0.0231 e. The van der Waals surface area contributed by atoms with Crippen LogP contribution in [-0.4, -0.2) is 0 Å². The molecule has 0 N–H and O–H groups in total. The molecule has 3 rings (SSSR count). The van der Waals surface area contributed by atoms with Crippen LogP contribution in [0.4, 0.5) is 0 Å². The lowest BCUT2D eigenvalue weighted by molar-refractivity contribution is 0.119. The van der Waals surface area contributed by atoms with E-state index in [1.54, 1.807) is 6.42 Å². The normalized spacial score (nSPS) is 38.8. The summed E-state index contributed by atoms with van der Waals surface area (Å²) in [7, 11) is 0. The van der Waals surface area contributed by atoms with E-state index in [1.165, 1.54) is 77.0 Å². The molecule has 0 saturated heterocycles. The second kappa shape index (κ2) is 8.91. The fourth-order valence-electron chi connectivity index (χ4n) is 6.23. The van der Waals surface area contributed by atoms with E-state index < -0.39 is 0 Å². The van der Waals surface area contributed by atoms with Gasteiger partial charge < -0.3 is 0 Å². The van der Waals surface area contributed by atoms with Crippen molar-refractivity contribution >= 4 is 0 Å². The number of hydrogen-bond donors (Lipinski definition) is 0. The van der Waals surface area contributed by atoms with Gasteiger partial charge in [-0.05, 0) is 67.6 Å². The third-order valence-electron chi connectivity index (χ3n) is 7.88. The largest absolute Gasteiger partial charge is 0.0822 e. The average Bonchev–Trinajstić information content (AvgIpc) is 2.58. The number of allylic oxidation sites excluding steroid dienone is 2. The van der Waals surface area contributed by atoms with E-state index in [0.717, 1.165) is 35.5 Å². The molecule has 0 amide bonds. The maximum absolute atomic E-state index is 2.64. The highest BCUT2D eigenvalue weighted by atomic mass is 14.4. The first kappa shape index (κ1) is 18.5. The van der Waals surface area contributed by atoms with Gasteiger partial charge in [0.05, 0.1) is 0 Å². The molecular formula is C24H42. The summed E-state index contributed by atoms with van der Waals surface area (Å²) in [6.07, 6.45) is 22.1. The lowest BCUT2D eigenvalue weighted by atomic mass is 9.66. The minimum Gasteiger partial charge on any atom is -0.0822 e. The third kappa shape index (κ3) is 4.89. The van der Waals surface area contributed by atoms with Gasteiger partial charge in [0, 0.05) is 0 Å². The van der Waals surface area contributed by atoms with Crippen LogP contribution in [-0.2, 0) is 0 Å². The molecule has 0 bridgehead atoms. The smallest absolute Gasteiger partial charge is 0.0231 e. The molecule has 0 heterocycles. The first-order valence-corrected chi connectivity index (χ1v) is 11.3. The molecule has 0 spiro atoms. The zero-order chi connectivity index (χ0) is 16.9. The molecule has 0 aliphatic heterocycles. The Bertz CT molecular complexity index is 400. The molecule has 0 radical (unpaired) electrons. The lowest BCUT2D eigenvalue weighted by Gasteiger charge is -2.40. The van der Waals surface area contributed by atoms with Gasteiger partial charge in [-0.25, -0.2) is 0 Å². The fourth-order valence-corrected chi connectivity index (χ4v) is 6.23. The van der Waals surface area contributed by atoms with Crippen molar-refractivity contribution < 1.29 is 0 Å². The molecule has 2 saturated carbocycles. The van der Waals surface area contributed by atoms with Crippen LogP contribution in [0.25, 0.3) is 0 Å². The molecule has 0 heteroatoms. The SMILES string of the molecule is CC1C=C(CC[C@H]2C(C)CCCC2CC2CCCCC2)[C@@H](C)CC1. The second-order valence-electron chi connectivity index (χ2n) is 9.81. The Hall–Kier alpha value is -0.260. The quantitative estimate of drug-likeness (QED) is 0.451. The zero-order valence-electron chi connectivity index (χ0n) is 16.7. The Morgan fingerprint density at radius 3 is 2.42 bits per heavy atom. The Morgan fingerprint density at radius 2 is 1.62 bits per heavy atom. The van der Waals surface area contributed by atoms with E-state index in [-0.39, 0.29) is 0 Å². The van der Waals surface area contributed by atoms with E-state index in [9.17, 15) is 0 Å². The van der Waals surface area contributed by atoms with Crippen LogP contribution < -0.4 is 0 Å². The van der Waals surface area contributed by atoms with Crippen molar-refractivity contribution in [1.29, 1.82) is 0 Å². The molecule has 3 unspecified atom stereocenters. The van der Waals surface area contributed by atoms with Crippen LogP contribution >= 0.6 is 0 Å². The topological polar surface area (TPSA) is 0 Å². The molecule has 0 aromatic heterocycles. The van der Waals surface area contributed by atoms with Gasteiger partial charge in [0.25, 0.3) is 0 Å². The monoisotopic (exact) mass is 330 g/mol. The van der Waals surface area contributed by atoms with Crippen LogP contribution in [0.1, 0.15) is 104 Å². The lowest BCUT2D eigenvalue weighted by Crippen LogP contribution is -2.29. The molecule has 0 aromatic carbocycles. The molecule has 3 aliphatic carbocycles. The van der Waals surface area contributed by atoms with Gasteiger partial charge in [-0.2, -0.15) is 0 Å². The number of hydrogen-bond acceptors (Lipinski definition) is 0. The van der Waals surface area contributed by atoms with E-state index in [0.29, 0.717) is 0 Å². The molecule has 24 heavy (non-hydrogen) atoms. The summed E-state index contributed by atoms with van der Waals surface area (Å²) in [5.74, 6) is 5.81. The van der Waals surface area contributed by atoms with Crippen molar-refractivity contribution in [2.45, 2.75) is 104 Å². The van der Waals surface area contributed by atoms with Crippen LogP contribution in [0.15, 0.2) is 11.6 Å². The highest BCUT2D eigenvalue weighted by Crippen LogP contribution is 2.44. The first-order chi connectivity index (χ1) is 11.6. The van der Waals surface area contributed by atoms with E-state index in [1.807, 2.05) is 5.57 Å². The third-order valence-corrected chi connectivity index (χ3v) is 7.88. The van der Waals surface area contributed by atoms with Gasteiger partial charge in [0.2, 0.25) is 0 Å². The van der Waals surface area contributed by atoms with Gasteiger partial charge in [0.1, 0.15) is 0 Å². The summed E-state index contributed by atoms with van der Waals surface area (Å²) in [6, 6.07) is 0. The summed E-state index contributed by atoms with van der Waals surface area (Å²) >= 11 is 0. The molecule has 0 nitrogen and oxygen atoms in total. The van der Waals surface area contributed by atoms with Gasteiger partial charge in [-0.1, -0.05) is 83.8 Å². The Labute approximate surface area is 151 Å². The maximum atomic E-state index is 2.64. The van der Waals surface area contributed by atoms with Gasteiger partial charge in [-0.15, -0.1) is 0 Å². The molecular weight excluding hydrogens is 288 g/mol. The standard InChI is InChI=1S/C24H42/c1-18-12-13-19(2)22(16-18)14-15-24-20(3)8-7-11-23(24)17-21-9-5-4-6-10-21/h16,18-21,23-24H,4-15,17H2,1-3H3/t18?,19-,20?,23?,24-/m0/s1. The van der Waals surface area contributed by atoms with Crippen molar-refractivity contribution in [3.05, 3.63) is 11.6 Å². The van der Waals surface area contributed by atoms with Crippen LogP contribution in [0.5, 0.6) is 0 Å². The molecule has 5 atom stereocenters. The fraction of sp³-hybridized carbons (Fsp3) is 0.917. The molecule has 3 aliphatic rings. The predicted molar refractivity (Wildman–Crippen MR) is 106 cm³/mol. The minimum atomic E-state index is 0.831. The highest BCUT2D eigenvalue weighted by Gasteiger charge is 2.32. The van der Waals surface area contributed by atoms with Gasteiger partial charge >= 0.3 is 0 Å².